The van der Waals surface area contributed by atoms with E-state index in [1.165, 1.54) is 15.0 Å². The van der Waals surface area contributed by atoms with Crippen LogP contribution in [0.3, 0.4) is 0 Å². The number of furan rings is 1. The molecule has 30 heavy (non-hydrogen) atoms. The van der Waals surface area contributed by atoms with Crippen LogP contribution in [0.25, 0.3) is 43.4 Å². The zero-order valence-corrected chi connectivity index (χ0v) is 19.1. The van der Waals surface area contributed by atoms with Gasteiger partial charge in [-0.3, -0.25) is 4.98 Å². The van der Waals surface area contributed by atoms with Crippen molar-refractivity contribution >= 4 is 43.5 Å². The Morgan fingerprint density at radius 1 is 0.900 bits per heavy atom. The van der Waals surface area contributed by atoms with Gasteiger partial charge in [0, 0.05) is 48.6 Å². The first-order valence-corrected chi connectivity index (χ1v) is 11.2. The van der Waals surface area contributed by atoms with Crippen molar-refractivity contribution in [2.75, 3.05) is 0 Å². The number of aromatic nitrogens is 2. The van der Waals surface area contributed by atoms with Crippen LogP contribution in [0.2, 0.25) is 0 Å². The van der Waals surface area contributed by atoms with Gasteiger partial charge < -0.3 is 4.42 Å². The van der Waals surface area contributed by atoms with Crippen molar-refractivity contribution in [3.05, 3.63) is 59.2 Å². The van der Waals surface area contributed by atoms with Crippen molar-refractivity contribution in [3.8, 4) is 11.3 Å². The third-order valence-corrected chi connectivity index (χ3v) is 8.12. The number of thiophene rings is 1. The minimum atomic E-state index is 0.0563. The van der Waals surface area contributed by atoms with Crippen molar-refractivity contribution in [2.45, 2.75) is 47.0 Å². The fourth-order valence-electron chi connectivity index (χ4n) is 3.81. The molecule has 0 radical (unpaired) electrons. The van der Waals surface area contributed by atoms with Gasteiger partial charge in [0.2, 0.25) is 5.71 Å². The van der Waals surface area contributed by atoms with Crippen LogP contribution in [-0.4, -0.2) is 9.97 Å². The second-order valence-corrected chi connectivity index (χ2v) is 10.7. The Kier molecular flexibility index (Phi) is 4.10. The number of rotatable bonds is 2. The van der Waals surface area contributed by atoms with Crippen LogP contribution in [0.15, 0.2) is 53.1 Å². The third kappa shape index (κ3) is 2.78. The predicted octanol–water partition coefficient (Wildman–Crippen LogP) is 7.89. The van der Waals surface area contributed by atoms with Crippen molar-refractivity contribution in [1.82, 2.24) is 9.97 Å². The Morgan fingerprint density at radius 3 is 2.47 bits per heavy atom. The average molecular weight is 415 g/mol. The van der Waals surface area contributed by atoms with E-state index in [0.717, 1.165) is 33.3 Å². The highest BCUT2D eigenvalue weighted by Crippen LogP contribution is 2.47. The SMILES string of the molecule is Cc1ccc2c(n1)oc1c(-c3nccc4sc(C(C)(C)C(C)(C)C)cc34)cccc12. The highest BCUT2D eigenvalue weighted by Gasteiger charge is 2.36. The van der Waals surface area contributed by atoms with E-state index in [9.17, 15) is 0 Å². The molecule has 5 aromatic rings. The summed E-state index contributed by atoms with van der Waals surface area (Å²) in [5.41, 5.74) is 4.70. The molecule has 4 aromatic heterocycles. The molecule has 4 heteroatoms. The molecule has 0 spiro atoms. The van der Waals surface area contributed by atoms with E-state index in [0.29, 0.717) is 5.71 Å². The van der Waals surface area contributed by atoms with Gasteiger partial charge in [-0.2, -0.15) is 0 Å². The first-order valence-electron chi connectivity index (χ1n) is 10.3. The maximum Gasteiger partial charge on any atom is 0.227 e. The number of hydrogen-bond donors (Lipinski definition) is 0. The highest BCUT2D eigenvalue weighted by molar-refractivity contribution is 7.19. The molecule has 0 fully saturated rings. The summed E-state index contributed by atoms with van der Waals surface area (Å²) in [5.74, 6) is 0. The zero-order chi connectivity index (χ0) is 21.3. The van der Waals surface area contributed by atoms with Crippen molar-refractivity contribution in [3.63, 3.8) is 0 Å². The second-order valence-electron chi connectivity index (χ2n) is 9.65. The fourth-order valence-corrected chi connectivity index (χ4v) is 5.18. The van der Waals surface area contributed by atoms with Crippen LogP contribution in [0.4, 0.5) is 0 Å². The summed E-state index contributed by atoms with van der Waals surface area (Å²) >= 11 is 1.87. The lowest BCUT2D eigenvalue weighted by molar-refractivity contribution is 0.230. The Labute approximate surface area is 180 Å². The molecule has 5 rings (SSSR count). The molecule has 0 aliphatic rings. The van der Waals surface area contributed by atoms with Gasteiger partial charge in [-0.15, -0.1) is 11.3 Å². The minimum Gasteiger partial charge on any atom is -0.437 e. The maximum atomic E-state index is 6.25. The topological polar surface area (TPSA) is 38.9 Å². The summed E-state index contributed by atoms with van der Waals surface area (Å²) in [5, 5.41) is 3.32. The molecule has 0 amide bonds. The maximum absolute atomic E-state index is 6.25. The van der Waals surface area contributed by atoms with E-state index in [1.54, 1.807) is 0 Å². The molecule has 0 aliphatic carbocycles. The van der Waals surface area contributed by atoms with Crippen LogP contribution in [0.5, 0.6) is 0 Å². The Balaban J connectivity index is 1.78. The van der Waals surface area contributed by atoms with Crippen molar-refractivity contribution < 1.29 is 4.42 Å². The van der Waals surface area contributed by atoms with E-state index < -0.39 is 0 Å². The number of hydrogen-bond acceptors (Lipinski definition) is 4. The van der Waals surface area contributed by atoms with E-state index in [4.69, 9.17) is 9.40 Å². The standard InChI is InChI=1S/C26H26N2OS/c1-15-10-11-17-16-8-7-9-18(23(16)29-24(17)28-15)22-19-14-21(26(5,6)25(2,3)4)30-20(19)12-13-27-22/h7-14H,1-6H3. The quantitative estimate of drug-likeness (QED) is 0.295. The highest BCUT2D eigenvalue weighted by atomic mass is 32.1. The Bertz CT molecular complexity index is 1420. The number of benzene rings is 1. The van der Waals surface area contributed by atoms with Gasteiger partial charge in [0.15, 0.2) is 0 Å². The van der Waals surface area contributed by atoms with Gasteiger partial charge in [0.25, 0.3) is 0 Å². The van der Waals surface area contributed by atoms with Gasteiger partial charge in [0.1, 0.15) is 5.58 Å². The molecule has 1 aromatic carbocycles. The first kappa shape index (κ1) is 19.3. The van der Waals surface area contributed by atoms with Gasteiger partial charge >= 0.3 is 0 Å². The first-order chi connectivity index (χ1) is 14.2. The number of pyridine rings is 2. The molecule has 0 unspecified atom stereocenters. The van der Waals surface area contributed by atoms with E-state index in [-0.39, 0.29) is 10.8 Å². The monoisotopic (exact) mass is 414 g/mol. The third-order valence-electron chi connectivity index (χ3n) is 6.70. The van der Waals surface area contributed by atoms with Crippen LogP contribution >= 0.6 is 11.3 Å². The molecular formula is C26H26N2OS. The molecule has 0 bridgehead atoms. The van der Waals surface area contributed by atoms with Crippen LogP contribution in [-0.2, 0) is 5.41 Å². The van der Waals surface area contributed by atoms with Crippen LogP contribution in [0, 0.1) is 12.3 Å². The summed E-state index contributed by atoms with van der Waals surface area (Å²) in [7, 11) is 0. The van der Waals surface area contributed by atoms with E-state index in [2.05, 4.69) is 76.0 Å². The Morgan fingerprint density at radius 2 is 1.70 bits per heavy atom. The van der Waals surface area contributed by atoms with Crippen LogP contribution < -0.4 is 0 Å². The van der Waals surface area contributed by atoms with Crippen molar-refractivity contribution in [2.24, 2.45) is 5.41 Å². The lowest BCUT2D eigenvalue weighted by atomic mass is 9.68. The average Bonchev–Trinajstić information content (AvgIpc) is 3.28. The lowest BCUT2D eigenvalue weighted by Crippen LogP contribution is -2.32. The van der Waals surface area contributed by atoms with Crippen molar-refractivity contribution in [1.29, 1.82) is 0 Å². The molecule has 0 aliphatic heterocycles. The van der Waals surface area contributed by atoms with Gasteiger partial charge in [-0.1, -0.05) is 46.8 Å². The molecule has 0 saturated heterocycles. The zero-order valence-electron chi connectivity index (χ0n) is 18.3. The summed E-state index contributed by atoms with van der Waals surface area (Å²) in [6.45, 7) is 13.6. The van der Waals surface area contributed by atoms with E-state index >= 15 is 0 Å². The number of fused-ring (bicyclic) bond motifs is 4. The number of para-hydroxylation sites is 1. The fraction of sp³-hybridized carbons (Fsp3) is 0.308. The summed E-state index contributed by atoms with van der Waals surface area (Å²) in [4.78, 5) is 10.8. The van der Waals surface area contributed by atoms with Crippen LogP contribution in [0.1, 0.15) is 45.2 Å². The lowest BCUT2D eigenvalue weighted by Gasteiger charge is -2.38. The molecule has 0 N–H and O–H groups in total. The Hall–Kier alpha value is -2.72. The molecular weight excluding hydrogens is 388 g/mol. The molecule has 0 atom stereocenters. The molecule has 3 nitrogen and oxygen atoms in total. The second kappa shape index (κ2) is 6.39. The minimum absolute atomic E-state index is 0.0563. The largest absolute Gasteiger partial charge is 0.437 e. The number of nitrogens with zero attached hydrogens (tertiary/aromatic N) is 2. The molecule has 0 saturated carbocycles. The number of aryl methyl sites for hydroxylation is 1. The van der Waals surface area contributed by atoms with E-state index in [1.807, 2.05) is 30.5 Å². The molecule has 152 valence electrons. The van der Waals surface area contributed by atoms with Gasteiger partial charge in [-0.25, -0.2) is 4.98 Å². The summed E-state index contributed by atoms with van der Waals surface area (Å²) in [6.07, 6.45) is 1.91. The summed E-state index contributed by atoms with van der Waals surface area (Å²) in [6, 6.07) is 14.9. The summed E-state index contributed by atoms with van der Waals surface area (Å²) < 4.78 is 7.51. The predicted molar refractivity (Wildman–Crippen MR) is 127 cm³/mol. The molecule has 4 heterocycles. The van der Waals surface area contributed by atoms with Gasteiger partial charge in [-0.05, 0) is 42.7 Å². The van der Waals surface area contributed by atoms with Gasteiger partial charge in [0.05, 0.1) is 5.69 Å². The smallest absolute Gasteiger partial charge is 0.227 e. The normalized spacial score (nSPS) is 13.0.